The maximum absolute atomic E-state index is 12.5. The largest absolute Gasteiger partial charge is 0.484 e. The standard InChI is InChI=1S/C18H15BrClNO2/c1-2-11-4-3-5-13-14(9-21-18(11)13)16(22)10-23-17-7-6-12(19)8-15(17)20/h3-9,21H,2,10H2,1H3. The molecule has 2 aromatic carbocycles. The Kier molecular flexibility index (Phi) is 4.74. The Morgan fingerprint density at radius 3 is 2.87 bits per heavy atom. The number of rotatable bonds is 5. The number of aryl methyl sites for hydroxylation is 1. The van der Waals surface area contributed by atoms with Crippen molar-refractivity contribution in [2.24, 2.45) is 0 Å². The van der Waals surface area contributed by atoms with Crippen LogP contribution >= 0.6 is 27.5 Å². The van der Waals surface area contributed by atoms with E-state index in [1.165, 1.54) is 5.56 Å². The normalized spacial score (nSPS) is 10.9. The number of hydrogen-bond acceptors (Lipinski definition) is 2. The number of H-pyrrole nitrogens is 1. The number of Topliss-reactive ketones (excluding diaryl/α,β-unsaturated/α-hetero) is 1. The molecule has 1 N–H and O–H groups in total. The first kappa shape index (κ1) is 16.1. The fourth-order valence-electron chi connectivity index (χ4n) is 2.56. The lowest BCUT2D eigenvalue weighted by Crippen LogP contribution is -2.11. The van der Waals surface area contributed by atoms with Crippen LogP contribution in [-0.4, -0.2) is 17.4 Å². The summed E-state index contributed by atoms with van der Waals surface area (Å²) in [7, 11) is 0. The Balaban J connectivity index is 1.81. The van der Waals surface area contributed by atoms with E-state index in [-0.39, 0.29) is 12.4 Å². The van der Waals surface area contributed by atoms with Gasteiger partial charge in [0.05, 0.1) is 5.02 Å². The molecular formula is C18H15BrClNO2. The van der Waals surface area contributed by atoms with Gasteiger partial charge in [-0.05, 0) is 30.2 Å². The molecule has 3 aromatic rings. The second kappa shape index (κ2) is 6.77. The van der Waals surface area contributed by atoms with Gasteiger partial charge in [-0.1, -0.05) is 52.7 Å². The van der Waals surface area contributed by atoms with Crippen molar-refractivity contribution in [3.05, 3.63) is 63.2 Å². The van der Waals surface area contributed by atoms with Crippen LogP contribution < -0.4 is 4.74 Å². The highest BCUT2D eigenvalue weighted by Crippen LogP contribution is 2.28. The topological polar surface area (TPSA) is 42.1 Å². The quantitative estimate of drug-likeness (QED) is 0.590. The van der Waals surface area contributed by atoms with Gasteiger partial charge >= 0.3 is 0 Å². The number of ketones is 1. The average molecular weight is 393 g/mol. The molecule has 0 fully saturated rings. The van der Waals surface area contributed by atoms with Crippen LogP contribution in [0, 0.1) is 0 Å². The van der Waals surface area contributed by atoms with Gasteiger partial charge in [0.2, 0.25) is 5.78 Å². The third-order valence-corrected chi connectivity index (χ3v) is 4.52. The van der Waals surface area contributed by atoms with E-state index in [4.69, 9.17) is 16.3 Å². The summed E-state index contributed by atoms with van der Waals surface area (Å²) in [5, 5.41) is 1.40. The zero-order chi connectivity index (χ0) is 16.4. The number of carbonyl (C=O) groups is 1. The average Bonchev–Trinajstić information content (AvgIpc) is 2.97. The highest BCUT2D eigenvalue weighted by Gasteiger charge is 2.14. The number of benzene rings is 2. The van der Waals surface area contributed by atoms with Crippen molar-refractivity contribution in [1.82, 2.24) is 4.98 Å². The van der Waals surface area contributed by atoms with Crippen molar-refractivity contribution < 1.29 is 9.53 Å². The van der Waals surface area contributed by atoms with Crippen LogP contribution in [-0.2, 0) is 6.42 Å². The van der Waals surface area contributed by atoms with Crippen LogP contribution in [0.4, 0.5) is 0 Å². The summed E-state index contributed by atoms with van der Waals surface area (Å²) >= 11 is 9.44. The second-order valence-corrected chi connectivity index (χ2v) is 6.51. The number of aromatic amines is 1. The maximum Gasteiger partial charge on any atom is 0.202 e. The van der Waals surface area contributed by atoms with Crippen molar-refractivity contribution in [2.45, 2.75) is 13.3 Å². The number of fused-ring (bicyclic) bond motifs is 1. The van der Waals surface area contributed by atoms with Gasteiger partial charge in [0, 0.05) is 27.1 Å². The van der Waals surface area contributed by atoms with Crippen molar-refractivity contribution in [3.63, 3.8) is 0 Å². The van der Waals surface area contributed by atoms with E-state index in [0.717, 1.165) is 21.8 Å². The lowest BCUT2D eigenvalue weighted by Gasteiger charge is -2.07. The predicted molar refractivity (Wildman–Crippen MR) is 96.7 cm³/mol. The number of nitrogens with one attached hydrogen (secondary N) is 1. The SMILES string of the molecule is CCc1cccc2c(C(=O)COc3ccc(Br)cc3Cl)c[nH]c12. The highest BCUT2D eigenvalue weighted by molar-refractivity contribution is 9.10. The van der Waals surface area contributed by atoms with Gasteiger partial charge in [-0.2, -0.15) is 0 Å². The second-order valence-electron chi connectivity index (χ2n) is 5.18. The van der Waals surface area contributed by atoms with E-state index < -0.39 is 0 Å². The zero-order valence-corrected chi connectivity index (χ0v) is 14.9. The Labute approximate surface area is 147 Å². The molecule has 1 heterocycles. The number of halogens is 2. The lowest BCUT2D eigenvalue weighted by molar-refractivity contribution is 0.0923. The number of hydrogen-bond donors (Lipinski definition) is 1. The molecule has 0 aliphatic rings. The highest BCUT2D eigenvalue weighted by atomic mass is 79.9. The van der Waals surface area contributed by atoms with E-state index in [9.17, 15) is 4.79 Å². The molecule has 0 saturated heterocycles. The van der Waals surface area contributed by atoms with Gasteiger partial charge in [-0.25, -0.2) is 0 Å². The summed E-state index contributed by atoms with van der Waals surface area (Å²) in [6.45, 7) is 2.04. The zero-order valence-electron chi connectivity index (χ0n) is 12.5. The first-order chi connectivity index (χ1) is 11.1. The summed E-state index contributed by atoms with van der Waals surface area (Å²) in [6.07, 6.45) is 2.66. The minimum Gasteiger partial charge on any atom is -0.484 e. The monoisotopic (exact) mass is 391 g/mol. The first-order valence-corrected chi connectivity index (χ1v) is 8.47. The van der Waals surface area contributed by atoms with Crippen LogP contribution in [0.1, 0.15) is 22.8 Å². The van der Waals surface area contributed by atoms with Crippen LogP contribution in [0.3, 0.4) is 0 Å². The van der Waals surface area contributed by atoms with Gasteiger partial charge in [0.15, 0.2) is 6.61 Å². The molecule has 0 bridgehead atoms. The van der Waals surface area contributed by atoms with E-state index >= 15 is 0 Å². The van der Waals surface area contributed by atoms with E-state index in [1.807, 2.05) is 18.2 Å². The molecule has 5 heteroatoms. The molecule has 23 heavy (non-hydrogen) atoms. The predicted octanol–water partition coefficient (Wildman–Crippen LogP) is 5.41. The molecule has 0 radical (unpaired) electrons. The maximum atomic E-state index is 12.5. The number of ether oxygens (including phenoxy) is 1. The number of carbonyl (C=O) groups excluding carboxylic acids is 1. The Morgan fingerprint density at radius 2 is 2.13 bits per heavy atom. The molecule has 118 valence electrons. The van der Waals surface area contributed by atoms with E-state index in [1.54, 1.807) is 18.3 Å². The molecule has 0 spiro atoms. The Bertz CT molecular complexity index is 873. The summed E-state index contributed by atoms with van der Waals surface area (Å²) < 4.78 is 6.43. The molecule has 0 aliphatic heterocycles. The Hall–Kier alpha value is -1.78. The summed E-state index contributed by atoms with van der Waals surface area (Å²) in [5.74, 6) is 0.417. The van der Waals surface area contributed by atoms with Crippen molar-refractivity contribution in [2.75, 3.05) is 6.61 Å². The molecule has 1 aromatic heterocycles. The summed E-state index contributed by atoms with van der Waals surface area (Å²) in [5.41, 5.74) is 2.85. The van der Waals surface area contributed by atoms with Gasteiger partial charge in [0.1, 0.15) is 5.75 Å². The summed E-state index contributed by atoms with van der Waals surface area (Å²) in [6, 6.07) is 11.3. The molecule has 0 unspecified atom stereocenters. The third kappa shape index (κ3) is 3.28. The molecule has 0 amide bonds. The number of para-hydroxylation sites is 1. The third-order valence-electron chi connectivity index (χ3n) is 3.74. The van der Waals surface area contributed by atoms with Crippen LogP contribution in [0.2, 0.25) is 5.02 Å². The fourth-order valence-corrected chi connectivity index (χ4v) is 3.28. The Morgan fingerprint density at radius 1 is 1.30 bits per heavy atom. The molecular weight excluding hydrogens is 378 g/mol. The van der Waals surface area contributed by atoms with Crippen molar-refractivity contribution in [3.8, 4) is 5.75 Å². The summed E-state index contributed by atoms with van der Waals surface area (Å²) in [4.78, 5) is 15.7. The van der Waals surface area contributed by atoms with Crippen LogP contribution in [0.25, 0.3) is 10.9 Å². The molecule has 0 atom stereocenters. The minimum atomic E-state index is -0.0801. The van der Waals surface area contributed by atoms with Gasteiger partial charge < -0.3 is 9.72 Å². The lowest BCUT2D eigenvalue weighted by atomic mass is 10.1. The van der Waals surface area contributed by atoms with Gasteiger partial charge in [-0.3, -0.25) is 4.79 Å². The molecule has 0 saturated carbocycles. The van der Waals surface area contributed by atoms with Crippen molar-refractivity contribution >= 4 is 44.2 Å². The molecule has 3 nitrogen and oxygen atoms in total. The first-order valence-electron chi connectivity index (χ1n) is 7.30. The smallest absolute Gasteiger partial charge is 0.202 e. The van der Waals surface area contributed by atoms with E-state index in [2.05, 4.69) is 33.9 Å². The number of aromatic nitrogens is 1. The van der Waals surface area contributed by atoms with Crippen molar-refractivity contribution in [1.29, 1.82) is 0 Å². The van der Waals surface area contributed by atoms with E-state index in [0.29, 0.717) is 16.3 Å². The fraction of sp³-hybridized carbons (Fsp3) is 0.167. The minimum absolute atomic E-state index is 0.0509. The van der Waals surface area contributed by atoms with Gasteiger partial charge in [-0.15, -0.1) is 0 Å². The van der Waals surface area contributed by atoms with Crippen LogP contribution in [0.5, 0.6) is 5.75 Å². The van der Waals surface area contributed by atoms with Gasteiger partial charge in [0.25, 0.3) is 0 Å². The molecule has 3 rings (SSSR count). The molecule has 0 aliphatic carbocycles. The van der Waals surface area contributed by atoms with Crippen LogP contribution in [0.15, 0.2) is 47.1 Å².